The molecule has 0 saturated heterocycles. The summed E-state index contributed by atoms with van der Waals surface area (Å²) in [6.07, 6.45) is 3.36. The maximum absolute atomic E-state index is 10.8. The fraction of sp³-hybridized carbons (Fsp3) is 0.0667. The zero-order chi connectivity index (χ0) is 13.9. The van der Waals surface area contributed by atoms with Crippen LogP contribution in [0.2, 0.25) is 0 Å². The first kappa shape index (κ1) is 12.2. The molecule has 2 aromatic carbocycles. The minimum Gasteiger partial charge on any atom is -0.461 e. The van der Waals surface area contributed by atoms with Gasteiger partial charge in [0.15, 0.2) is 5.75 Å². The average molecular weight is 268 g/mol. The summed E-state index contributed by atoms with van der Waals surface area (Å²) in [6.45, 7) is 0.686. The van der Waals surface area contributed by atoms with Gasteiger partial charge in [0.05, 0.1) is 16.7 Å². The van der Waals surface area contributed by atoms with Gasteiger partial charge in [0.25, 0.3) is 5.69 Å². The second kappa shape index (κ2) is 5.05. The van der Waals surface area contributed by atoms with Gasteiger partial charge in [0.2, 0.25) is 0 Å². The molecule has 3 rings (SSSR count). The Labute approximate surface area is 115 Å². The maximum atomic E-state index is 10.8. The van der Waals surface area contributed by atoms with Crippen LogP contribution in [0.25, 0.3) is 0 Å². The van der Waals surface area contributed by atoms with Crippen molar-refractivity contribution >= 4 is 11.4 Å². The quantitative estimate of drug-likeness (QED) is 0.631. The molecule has 20 heavy (non-hydrogen) atoms. The summed E-state index contributed by atoms with van der Waals surface area (Å²) in [4.78, 5) is 12.3. The van der Waals surface area contributed by atoms with E-state index < -0.39 is 4.92 Å². The highest BCUT2D eigenvalue weighted by molar-refractivity contribution is 5.65. The molecular formula is C15H12N2O3. The van der Waals surface area contributed by atoms with E-state index in [1.54, 1.807) is 6.07 Å². The molecule has 0 saturated carbocycles. The number of nitro groups is 1. The lowest BCUT2D eigenvalue weighted by Gasteiger charge is -2.25. The largest absolute Gasteiger partial charge is 0.461 e. The molecule has 5 nitrogen and oxygen atoms in total. The van der Waals surface area contributed by atoms with E-state index in [2.05, 4.69) is 0 Å². The molecule has 0 amide bonds. The Morgan fingerprint density at radius 2 is 1.95 bits per heavy atom. The molecule has 0 atom stereocenters. The lowest BCUT2D eigenvalue weighted by Crippen LogP contribution is -2.19. The maximum Gasteiger partial charge on any atom is 0.273 e. The molecule has 1 heterocycles. The van der Waals surface area contributed by atoms with Crippen molar-refractivity contribution in [3.63, 3.8) is 0 Å². The zero-order valence-electron chi connectivity index (χ0n) is 10.6. The standard InChI is InChI=1S/C15H12N2O3/c18-17(19)13-6-7-14-15(10-13)20-9-8-16(14)11-12-4-2-1-3-5-12/h1-10H,11H2. The number of hydrogen-bond acceptors (Lipinski definition) is 4. The van der Waals surface area contributed by atoms with E-state index in [9.17, 15) is 10.1 Å². The highest BCUT2D eigenvalue weighted by Gasteiger charge is 2.18. The molecule has 100 valence electrons. The Balaban J connectivity index is 1.90. The third-order valence-corrected chi connectivity index (χ3v) is 3.10. The van der Waals surface area contributed by atoms with Gasteiger partial charge in [-0.2, -0.15) is 0 Å². The van der Waals surface area contributed by atoms with Crippen molar-refractivity contribution < 1.29 is 9.66 Å². The van der Waals surface area contributed by atoms with Gasteiger partial charge in [-0.25, -0.2) is 0 Å². The van der Waals surface area contributed by atoms with Crippen molar-refractivity contribution in [1.29, 1.82) is 0 Å². The van der Waals surface area contributed by atoms with Crippen LogP contribution < -0.4 is 9.64 Å². The van der Waals surface area contributed by atoms with E-state index >= 15 is 0 Å². The van der Waals surface area contributed by atoms with Gasteiger partial charge in [-0.1, -0.05) is 30.3 Å². The summed E-state index contributed by atoms with van der Waals surface area (Å²) >= 11 is 0. The van der Waals surface area contributed by atoms with Gasteiger partial charge >= 0.3 is 0 Å². The van der Waals surface area contributed by atoms with Crippen molar-refractivity contribution in [2.45, 2.75) is 6.54 Å². The summed E-state index contributed by atoms with van der Waals surface area (Å²) in [5.41, 5.74) is 2.00. The predicted octanol–water partition coefficient (Wildman–Crippen LogP) is 3.47. The highest BCUT2D eigenvalue weighted by atomic mass is 16.6. The molecule has 0 bridgehead atoms. The minimum atomic E-state index is -0.427. The third kappa shape index (κ3) is 2.33. The molecule has 2 aromatic rings. The normalized spacial score (nSPS) is 12.7. The van der Waals surface area contributed by atoms with Crippen LogP contribution in [0.4, 0.5) is 11.4 Å². The molecule has 0 aromatic heterocycles. The Kier molecular flexibility index (Phi) is 3.09. The summed E-state index contributed by atoms with van der Waals surface area (Å²) in [7, 11) is 0. The fourth-order valence-corrected chi connectivity index (χ4v) is 2.12. The molecular weight excluding hydrogens is 256 g/mol. The van der Waals surface area contributed by atoms with Crippen molar-refractivity contribution in [3.05, 3.63) is 76.7 Å². The van der Waals surface area contributed by atoms with Crippen LogP contribution in [0.15, 0.2) is 61.0 Å². The van der Waals surface area contributed by atoms with Crippen molar-refractivity contribution in [1.82, 2.24) is 0 Å². The Hall–Kier alpha value is -2.82. The second-order valence-electron chi connectivity index (χ2n) is 4.43. The Bertz CT molecular complexity index is 668. The van der Waals surface area contributed by atoms with Crippen LogP contribution in [0.3, 0.4) is 0 Å². The van der Waals surface area contributed by atoms with Gasteiger partial charge in [-0.05, 0) is 11.6 Å². The van der Waals surface area contributed by atoms with Crippen LogP contribution >= 0.6 is 0 Å². The first-order valence-electron chi connectivity index (χ1n) is 6.16. The zero-order valence-corrected chi connectivity index (χ0v) is 10.6. The topological polar surface area (TPSA) is 55.6 Å². The SMILES string of the molecule is O=[N+]([O-])c1ccc2c(c1)OC=CN2Cc1ccccc1. The first-order valence-corrected chi connectivity index (χ1v) is 6.16. The molecule has 0 N–H and O–H groups in total. The molecule has 0 aliphatic carbocycles. The lowest BCUT2D eigenvalue weighted by atomic mass is 10.2. The highest BCUT2D eigenvalue weighted by Crippen LogP contribution is 2.35. The molecule has 0 radical (unpaired) electrons. The van der Waals surface area contributed by atoms with Crippen LogP contribution in [0.5, 0.6) is 5.75 Å². The first-order chi connectivity index (χ1) is 9.74. The van der Waals surface area contributed by atoms with Crippen LogP contribution in [0.1, 0.15) is 5.56 Å². The van der Waals surface area contributed by atoms with Crippen LogP contribution in [-0.2, 0) is 6.54 Å². The van der Waals surface area contributed by atoms with E-state index in [4.69, 9.17) is 4.74 Å². The van der Waals surface area contributed by atoms with Crippen molar-refractivity contribution in [3.8, 4) is 5.75 Å². The van der Waals surface area contributed by atoms with Gasteiger partial charge in [-0.3, -0.25) is 10.1 Å². The molecule has 0 fully saturated rings. The minimum absolute atomic E-state index is 0.0266. The van der Waals surface area contributed by atoms with E-state index in [0.29, 0.717) is 12.3 Å². The number of anilines is 1. The predicted molar refractivity (Wildman–Crippen MR) is 75.5 cm³/mol. The number of non-ortho nitro benzene ring substituents is 1. The van der Waals surface area contributed by atoms with E-state index in [-0.39, 0.29) is 5.69 Å². The van der Waals surface area contributed by atoms with Gasteiger partial charge in [0, 0.05) is 18.8 Å². The van der Waals surface area contributed by atoms with Gasteiger partial charge in [-0.15, -0.1) is 0 Å². The number of ether oxygens (including phenoxy) is 1. The van der Waals surface area contributed by atoms with Crippen molar-refractivity contribution in [2.75, 3.05) is 4.90 Å². The monoisotopic (exact) mass is 268 g/mol. The Morgan fingerprint density at radius 1 is 1.15 bits per heavy atom. The molecule has 0 spiro atoms. The second-order valence-corrected chi connectivity index (χ2v) is 4.43. The molecule has 5 heteroatoms. The molecule has 1 aliphatic heterocycles. The number of benzene rings is 2. The fourth-order valence-electron chi connectivity index (χ4n) is 2.12. The number of fused-ring (bicyclic) bond motifs is 1. The van der Waals surface area contributed by atoms with E-state index in [1.807, 2.05) is 41.4 Å². The summed E-state index contributed by atoms with van der Waals surface area (Å²) in [5.74, 6) is 0.498. The number of rotatable bonds is 3. The average Bonchev–Trinajstić information content (AvgIpc) is 2.48. The summed E-state index contributed by atoms with van der Waals surface area (Å²) < 4.78 is 5.36. The number of nitro benzene ring substituents is 1. The number of nitrogens with zero attached hydrogens (tertiary/aromatic N) is 2. The van der Waals surface area contributed by atoms with Crippen LogP contribution in [-0.4, -0.2) is 4.92 Å². The van der Waals surface area contributed by atoms with Crippen LogP contribution in [0, 0.1) is 10.1 Å². The Morgan fingerprint density at radius 3 is 2.70 bits per heavy atom. The summed E-state index contributed by atoms with van der Waals surface area (Å²) in [6, 6.07) is 14.6. The molecule has 1 aliphatic rings. The van der Waals surface area contributed by atoms with Gasteiger partial charge < -0.3 is 9.64 Å². The smallest absolute Gasteiger partial charge is 0.273 e. The number of hydrogen-bond donors (Lipinski definition) is 0. The lowest BCUT2D eigenvalue weighted by molar-refractivity contribution is -0.384. The van der Waals surface area contributed by atoms with E-state index in [0.717, 1.165) is 11.3 Å². The van der Waals surface area contributed by atoms with Gasteiger partial charge in [0.1, 0.15) is 6.26 Å². The van der Waals surface area contributed by atoms with Crippen molar-refractivity contribution in [2.24, 2.45) is 0 Å². The third-order valence-electron chi connectivity index (χ3n) is 3.10. The van der Waals surface area contributed by atoms with E-state index in [1.165, 1.54) is 18.4 Å². The summed E-state index contributed by atoms with van der Waals surface area (Å²) in [5, 5.41) is 10.8. The molecule has 0 unspecified atom stereocenters.